The molecule has 1 heterocycles. The van der Waals surface area contributed by atoms with Crippen LogP contribution in [0.5, 0.6) is 0 Å². The van der Waals surface area contributed by atoms with Crippen LogP contribution in [0.2, 0.25) is 5.02 Å². The molecule has 6 heteroatoms. The van der Waals surface area contributed by atoms with E-state index in [1.807, 2.05) is 49.4 Å². The fourth-order valence-electron chi connectivity index (χ4n) is 3.08. The van der Waals surface area contributed by atoms with Gasteiger partial charge in [-0.1, -0.05) is 71.4 Å². The lowest BCUT2D eigenvalue weighted by Crippen LogP contribution is -2.24. The summed E-state index contributed by atoms with van der Waals surface area (Å²) >= 11 is 7.47. The SMILES string of the molecule is Cc1ccc(Cn2c(SCc3c(F)cccc3Cl)nc3ccccc3c2=O)cc1. The third-order valence-corrected chi connectivity index (χ3v) is 6.05. The van der Waals surface area contributed by atoms with Crippen LogP contribution in [-0.2, 0) is 12.3 Å². The first-order valence-corrected chi connectivity index (χ1v) is 10.5. The molecule has 3 aromatic carbocycles. The largest absolute Gasteiger partial charge is 0.283 e. The first kappa shape index (κ1) is 19.7. The molecule has 0 aliphatic carbocycles. The normalized spacial score (nSPS) is 11.1. The average molecular weight is 425 g/mol. The maximum absolute atomic E-state index is 14.2. The third-order valence-electron chi connectivity index (χ3n) is 4.70. The number of nitrogens with zero attached hydrogens (tertiary/aromatic N) is 2. The van der Waals surface area contributed by atoms with Crippen molar-refractivity contribution in [2.75, 3.05) is 0 Å². The zero-order valence-electron chi connectivity index (χ0n) is 15.7. The Kier molecular flexibility index (Phi) is 5.69. The van der Waals surface area contributed by atoms with Crippen LogP contribution in [0.3, 0.4) is 0 Å². The molecule has 146 valence electrons. The summed E-state index contributed by atoms with van der Waals surface area (Å²) in [6.07, 6.45) is 0. The van der Waals surface area contributed by atoms with Gasteiger partial charge in [-0.2, -0.15) is 0 Å². The summed E-state index contributed by atoms with van der Waals surface area (Å²) in [5.74, 6) is -0.0808. The summed E-state index contributed by atoms with van der Waals surface area (Å²) in [6, 6.07) is 19.9. The maximum atomic E-state index is 14.2. The third kappa shape index (κ3) is 4.21. The molecule has 0 aliphatic rings. The van der Waals surface area contributed by atoms with E-state index in [0.29, 0.717) is 33.2 Å². The maximum Gasteiger partial charge on any atom is 0.262 e. The Morgan fingerprint density at radius 3 is 2.55 bits per heavy atom. The van der Waals surface area contributed by atoms with Gasteiger partial charge in [0.1, 0.15) is 5.82 Å². The van der Waals surface area contributed by atoms with Gasteiger partial charge in [-0.25, -0.2) is 9.37 Å². The summed E-state index contributed by atoms with van der Waals surface area (Å²) in [7, 11) is 0. The van der Waals surface area contributed by atoms with Crippen molar-refractivity contribution in [1.82, 2.24) is 9.55 Å². The van der Waals surface area contributed by atoms with E-state index in [4.69, 9.17) is 11.6 Å². The first-order chi connectivity index (χ1) is 14.0. The minimum atomic E-state index is -0.363. The standard InChI is InChI=1S/C23H18ClFN2OS/c1-15-9-11-16(12-10-15)13-27-22(28)17-5-2-3-8-21(17)26-23(27)29-14-18-19(24)6-4-7-20(18)25/h2-12H,13-14H2,1H3. The van der Waals surface area contributed by atoms with E-state index >= 15 is 0 Å². The highest BCUT2D eigenvalue weighted by Gasteiger charge is 2.14. The van der Waals surface area contributed by atoms with Crippen LogP contribution < -0.4 is 5.56 Å². The van der Waals surface area contributed by atoms with Crippen molar-refractivity contribution in [1.29, 1.82) is 0 Å². The number of rotatable bonds is 5. The Hall–Kier alpha value is -2.63. The summed E-state index contributed by atoms with van der Waals surface area (Å²) in [4.78, 5) is 17.9. The lowest BCUT2D eigenvalue weighted by molar-refractivity contribution is 0.617. The summed E-state index contributed by atoms with van der Waals surface area (Å²) in [6.45, 7) is 2.41. The molecule has 0 amide bonds. The van der Waals surface area contributed by atoms with Gasteiger partial charge in [-0.15, -0.1) is 0 Å². The molecule has 4 aromatic rings. The van der Waals surface area contributed by atoms with Crippen LogP contribution in [0.1, 0.15) is 16.7 Å². The van der Waals surface area contributed by atoms with Crippen molar-refractivity contribution in [2.24, 2.45) is 0 Å². The number of fused-ring (bicyclic) bond motifs is 1. The van der Waals surface area contributed by atoms with E-state index in [0.717, 1.165) is 11.1 Å². The Labute approximate surface area is 177 Å². The van der Waals surface area contributed by atoms with Gasteiger partial charge in [0, 0.05) is 16.3 Å². The molecule has 3 nitrogen and oxygen atoms in total. The fourth-order valence-corrected chi connectivity index (χ4v) is 4.42. The molecule has 0 N–H and O–H groups in total. The van der Waals surface area contributed by atoms with Gasteiger partial charge in [-0.3, -0.25) is 9.36 Å². The molecule has 0 spiro atoms. The molecule has 0 saturated heterocycles. The van der Waals surface area contributed by atoms with Crippen molar-refractivity contribution in [3.05, 3.63) is 105 Å². The summed E-state index contributed by atoms with van der Waals surface area (Å²) < 4.78 is 15.8. The lowest BCUT2D eigenvalue weighted by atomic mass is 10.1. The Balaban J connectivity index is 1.76. The monoisotopic (exact) mass is 424 g/mol. The summed E-state index contributed by atoms with van der Waals surface area (Å²) in [5, 5.41) is 1.47. The number of thioether (sulfide) groups is 1. The van der Waals surface area contributed by atoms with Crippen molar-refractivity contribution in [3.8, 4) is 0 Å². The van der Waals surface area contributed by atoms with E-state index in [1.54, 1.807) is 22.8 Å². The quantitative estimate of drug-likeness (QED) is 0.298. The van der Waals surface area contributed by atoms with Crippen LogP contribution in [0.4, 0.5) is 4.39 Å². The van der Waals surface area contributed by atoms with Crippen LogP contribution in [-0.4, -0.2) is 9.55 Å². The van der Waals surface area contributed by atoms with E-state index in [1.165, 1.54) is 17.8 Å². The van der Waals surface area contributed by atoms with Gasteiger partial charge < -0.3 is 0 Å². The molecule has 29 heavy (non-hydrogen) atoms. The number of aryl methyl sites for hydroxylation is 1. The van der Waals surface area contributed by atoms with Crippen molar-refractivity contribution in [2.45, 2.75) is 24.4 Å². The second-order valence-electron chi connectivity index (χ2n) is 6.78. The number of aromatic nitrogens is 2. The molecule has 0 radical (unpaired) electrons. The fraction of sp³-hybridized carbons (Fsp3) is 0.130. The van der Waals surface area contributed by atoms with Gasteiger partial charge in [0.05, 0.1) is 17.4 Å². The lowest BCUT2D eigenvalue weighted by Gasteiger charge is -2.14. The highest BCUT2D eigenvalue weighted by Crippen LogP contribution is 2.28. The van der Waals surface area contributed by atoms with E-state index in [9.17, 15) is 9.18 Å². The van der Waals surface area contributed by atoms with Crippen LogP contribution >= 0.6 is 23.4 Å². The van der Waals surface area contributed by atoms with E-state index in [2.05, 4.69) is 4.98 Å². The second kappa shape index (κ2) is 8.39. The van der Waals surface area contributed by atoms with Crippen molar-refractivity contribution >= 4 is 34.3 Å². The topological polar surface area (TPSA) is 34.9 Å². The molecule has 0 unspecified atom stereocenters. The molecule has 0 aliphatic heterocycles. The smallest absolute Gasteiger partial charge is 0.262 e. The van der Waals surface area contributed by atoms with E-state index < -0.39 is 0 Å². The second-order valence-corrected chi connectivity index (χ2v) is 8.13. The molecule has 0 atom stereocenters. The van der Waals surface area contributed by atoms with E-state index in [-0.39, 0.29) is 17.1 Å². The minimum absolute atomic E-state index is 0.113. The van der Waals surface area contributed by atoms with Gasteiger partial charge in [0.25, 0.3) is 5.56 Å². The van der Waals surface area contributed by atoms with Gasteiger partial charge in [0.15, 0.2) is 5.16 Å². The molecular formula is C23H18ClFN2OS. The van der Waals surface area contributed by atoms with Crippen molar-refractivity contribution in [3.63, 3.8) is 0 Å². The highest BCUT2D eigenvalue weighted by molar-refractivity contribution is 7.98. The highest BCUT2D eigenvalue weighted by atomic mass is 35.5. The van der Waals surface area contributed by atoms with Gasteiger partial charge in [-0.05, 0) is 36.8 Å². The molecule has 4 rings (SSSR count). The number of hydrogen-bond donors (Lipinski definition) is 0. The first-order valence-electron chi connectivity index (χ1n) is 9.14. The number of hydrogen-bond acceptors (Lipinski definition) is 3. The average Bonchev–Trinajstić information content (AvgIpc) is 2.72. The minimum Gasteiger partial charge on any atom is -0.283 e. The number of para-hydroxylation sites is 1. The predicted molar refractivity (Wildman–Crippen MR) is 117 cm³/mol. The van der Waals surface area contributed by atoms with Gasteiger partial charge in [0.2, 0.25) is 0 Å². The summed E-state index contributed by atoms with van der Waals surface area (Å²) in [5.41, 5.74) is 3.07. The molecule has 0 fully saturated rings. The Morgan fingerprint density at radius 2 is 1.79 bits per heavy atom. The Bertz CT molecular complexity index is 1220. The Morgan fingerprint density at radius 1 is 1.03 bits per heavy atom. The zero-order valence-corrected chi connectivity index (χ0v) is 17.3. The van der Waals surface area contributed by atoms with Crippen molar-refractivity contribution < 1.29 is 4.39 Å². The van der Waals surface area contributed by atoms with Crippen LogP contribution in [0, 0.1) is 12.7 Å². The molecule has 0 saturated carbocycles. The number of benzene rings is 3. The van der Waals surface area contributed by atoms with Crippen LogP contribution in [0.15, 0.2) is 76.7 Å². The molecule has 0 bridgehead atoms. The molecule has 1 aromatic heterocycles. The van der Waals surface area contributed by atoms with Gasteiger partial charge >= 0.3 is 0 Å². The number of halogens is 2. The molecular weight excluding hydrogens is 407 g/mol. The predicted octanol–water partition coefficient (Wildman–Crippen LogP) is 5.84. The van der Waals surface area contributed by atoms with Crippen LogP contribution in [0.25, 0.3) is 10.9 Å². The zero-order chi connectivity index (χ0) is 20.4.